The molecule has 30 nitrogen and oxygen atoms in total. The predicted octanol–water partition coefficient (Wildman–Crippen LogP) is 6.17. The topological polar surface area (TPSA) is 295 Å². The fourth-order valence-electron chi connectivity index (χ4n) is 12.8. The van der Waals surface area contributed by atoms with Crippen LogP contribution in [-0.4, -0.2) is 314 Å². The largest absolute Gasteiger partial charge is 0.500 e. The molecule has 108 heavy (non-hydrogen) atoms. The fourth-order valence-corrected chi connectivity index (χ4v) is 84.5. The van der Waals surface area contributed by atoms with Crippen LogP contribution in [0.2, 0.25) is 178 Å². The second kappa shape index (κ2) is 53.9. The Bertz CT molecular complexity index is 2380. The van der Waals surface area contributed by atoms with Crippen molar-refractivity contribution in [3.05, 3.63) is 12.2 Å². The van der Waals surface area contributed by atoms with Crippen molar-refractivity contribution >= 4 is 187 Å². The second-order valence-electron chi connectivity index (χ2n) is 29.5. The third-order valence-electron chi connectivity index (χ3n) is 17.8. The van der Waals surface area contributed by atoms with E-state index in [-0.39, 0.29) is 34.1 Å². The van der Waals surface area contributed by atoms with Gasteiger partial charge in [-0.1, -0.05) is 38.1 Å². The summed E-state index contributed by atoms with van der Waals surface area (Å²) in [6.07, 6.45) is 5.47. The first-order chi connectivity index (χ1) is 50.8. The summed E-state index contributed by atoms with van der Waals surface area (Å²) in [5.74, 6) is -0.637. The quantitative estimate of drug-likeness (QED) is 0.0218. The third-order valence-corrected chi connectivity index (χ3v) is 85.5. The molecule has 0 spiro atoms. The van der Waals surface area contributed by atoms with E-state index >= 15 is 0 Å². The van der Waals surface area contributed by atoms with E-state index in [0.717, 1.165) is 82.5 Å². The van der Waals surface area contributed by atoms with Gasteiger partial charge in [-0.3, -0.25) is 4.79 Å². The minimum Gasteiger partial charge on any atom is -0.465 e. The summed E-state index contributed by atoms with van der Waals surface area (Å²) < 4.78 is 171. The van der Waals surface area contributed by atoms with Crippen LogP contribution in [0.4, 0.5) is 0 Å². The standard InChI is InChI=1S/C20H46O11Si5.C17H40O6Si5.C10H26O6Si4.C9H28O7Si5.C2H8Si/c1-18(20(21)26-12-10-14-36(22-2,23-3)24-4)17-35(8)30-33(6)28-32(5)29-34(7,31-35)13-9-11-25-15-19-16-27-19;1-16(2)15-24-10-8-12-28(6)22-26(4)20-25(3)21-27(5,23-28)11-7-9-18-13-17-14-19-17;1-17-13-18(2)15-20(4,16-19(3)14-17)7-5-6-11-8-10-9-12-10;1-10-21(11-2,12-3)9-8-20(7)15-18(5)13-17(4)14-19(6)16-20;1-3-2/h18-19,32-33H,9-17H2,1-8H3;17,25-26H,1,7-15,24H2,2-6H3;10,17-19H,5-9H2,1-4H3;17-19H,8-9H2,1-7H3;3H2,1-2H3. The van der Waals surface area contributed by atoms with Crippen molar-refractivity contribution < 1.29 is 130 Å². The van der Waals surface area contributed by atoms with Crippen molar-refractivity contribution in [2.45, 2.75) is 243 Å². The molecule has 16 atom stereocenters. The fraction of sp³-hybridized carbons (Fsp3) is 0.948. The zero-order chi connectivity index (χ0) is 80.8. The van der Waals surface area contributed by atoms with E-state index in [1.54, 1.807) is 42.7 Å². The van der Waals surface area contributed by atoms with E-state index in [1.165, 1.54) is 24.1 Å². The van der Waals surface area contributed by atoms with Crippen molar-refractivity contribution in [2.24, 2.45) is 5.92 Å². The van der Waals surface area contributed by atoms with E-state index in [9.17, 15) is 4.79 Å². The molecule has 7 saturated heterocycles. The summed E-state index contributed by atoms with van der Waals surface area (Å²) in [4.78, 5) is 12.8. The Morgan fingerprint density at radius 3 is 1.06 bits per heavy atom. The number of carbonyl (C=O) groups excluding carboxylic acids is 1. The van der Waals surface area contributed by atoms with Gasteiger partial charge < -0.3 is 126 Å². The number of ether oxygens (including phenoxy) is 7. The van der Waals surface area contributed by atoms with E-state index in [1.807, 2.05) is 46.2 Å². The van der Waals surface area contributed by atoms with Crippen LogP contribution >= 0.6 is 0 Å². The van der Waals surface area contributed by atoms with E-state index in [4.69, 9.17) is 126 Å². The summed E-state index contributed by atoms with van der Waals surface area (Å²) in [5, 5.41) is 0. The minimum atomic E-state index is -2.76. The van der Waals surface area contributed by atoms with Gasteiger partial charge in [0, 0.05) is 99.7 Å². The second-order valence-corrected chi connectivity index (χ2v) is 82.6. The number of carbonyl (C=O) groups is 1. The van der Waals surface area contributed by atoms with E-state index in [0.29, 0.717) is 72.7 Å². The molecule has 7 aliphatic heterocycles. The lowest BCUT2D eigenvalue weighted by Crippen LogP contribution is -2.59. The Kier molecular flexibility index (Phi) is 52.3. The first-order valence-electron chi connectivity index (χ1n) is 39.3. The molecule has 0 aromatic carbocycles. The van der Waals surface area contributed by atoms with Crippen LogP contribution in [-0.2, 0) is 130 Å². The highest BCUT2D eigenvalue weighted by molar-refractivity contribution is 6.88. The summed E-state index contributed by atoms with van der Waals surface area (Å²) in [6, 6.07) is 8.77. The van der Waals surface area contributed by atoms with Crippen LogP contribution in [0.1, 0.15) is 46.0 Å². The molecular formula is C58H148O30Si20. The molecule has 7 aliphatic rings. The first-order valence-corrected chi connectivity index (χ1v) is 84.1. The number of hydrogen-bond acceptors (Lipinski definition) is 30. The SMILES string of the molecule is C=C(C)C[SiH2]CCC[Si]1(C)O[SiH](C)O[SiH](C)O[Si](C)(CCCOCC2CO2)O1.CO[Si](CCCOC(=O)C(C)C[Si]1(C)O[SiH](C)O[SiH](C)O[Si](C)(CCCOCC2CO2)O1)(OC)OC.CO[Si](CC[Si]1(C)O[SiH](C)O[SiH](C)O[SiH](C)O1)(OC)OC.C[SiH2]C.C[SiH]1O[SiH](C)O[Si](C)(CCCOCC2CO2)O[SiH](C)O1. The average Bonchev–Trinajstić information content (AvgIpc) is 1.28. The summed E-state index contributed by atoms with van der Waals surface area (Å²) in [6.45, 7) is 52.8. The first kappa shape index (κ1) is 105. The molecule has 0 radical (unpaired) electrons. The molecular weight excluding hydrogens is 1740 g/mol. The number of allylic oxidation sites excluding steroid dienone is 1. The zero-order valence-corrected chi connectivity index (χ0v) is 93.5. The van der Waals surface area contributed by atoms with Gasteiger partial charge in [0.05, 0.1) is 52.2 Å². The molecule has 0 saturated carbocycles. The molecule has 7 fully saturated rings. The van der Waals surface area contributed by atoms with Gasteiger partial charge in [0.1, 0.15) is 18.3 Å². The zero-order valence-electron chi connectivity index (χ0n) is 71.1. The summed E-state index contributed by atoms with van der Waals surface area (Å²) >= 11 is 0. The molecule has 640 valence electrons. The maximum atomic E-state index is 12.8. The Morgan fingerprint density at radius 2 is 0.722 bits per heavy atom. The van der Waals surface area contributed by atoms with Crippen LogP contribution < -0.4 is 0 Å². The van der Waals surface area contributed by atoms with Crippen LogP contribution in [0.3, 0.4) is 0 Å². The predicted molar refractivity (Wildman–Crippen MR) is 467 cm³/mol. The van der Waals surface area contributed by atoms with E-state index in [2.05, 4.69) is 92.1 Å². The normalized spacial score (nSPS) is 34.9. The highest BCUT2D eigenvalue weighted by Gasteiger charge is 2.51. The van der Waals surface area contributed by atoms with Crippen LogP contribution in [0, 0.1) is 5.92 Å². The molecule has 7 rings (SSSR count). The van der Waals surface area contributed by atoms with Crippen molar-refractivity contribution in [2.75, 3.05) is 109 Å². The average molecular weight is 1890 g/mol. The van der Waals surface area contributed by atoms with E-state index < -0.39 is 162 Å². The molecule has 0 bridgehead atoms. The maximum Gasteiger partial charge on any atom is 0.500 e. The Hall–Kier alpha value is 2.43. The molecule has 0 aromatic heterocycles. The van der Waals surface area contributed by atoms with Crippen LogP contribution in [0.15, 0.2) is 12.2 Å². The van der Waals surface area contributed by atoms with Gasteiger partial charge >= 0.3 is 74.9 Å². The summed E-state index contributed by atoms with van der Waals surface area (Å²) in [5.41, 5.74) is 1.32. The Morgan fingerprint density at radius 1 is 0.435 bits per heavy atom. The van der Waals surface area contributed by atoms with Crippen LogP contribution in [0.25, 0.3) is 0 Å². The lowest BCUT2D eigenvalue weighted by atomic mass is 10.2. The van der Waals surface area contributed by atoms with Crippen molar-refractivity contribution in [1.29, 1.82) is 0 Å². The number of esters is 1. The molecule has 16 unspecified atom stereocenters. The van der Waals surface area contributed by atoms with Crippen molar-refractivity contribution in [3.8, 4) is 0 Å². The monoisotopic (exact) mass is 1880 g/mol. The van der Waals surface area contributed by atoms with Gasteiger partial charge in [-0.05, 0) is 174 Å². The lowest BCUT2D eigenvalue weighted by Gasteiger charge is -2.43. The Labute approximate surface area is 681 Å². The molecule has 7 heterocycles. The molecule has 0 N–H and O–H groups in total. The van der Waals surface area contributed by atoms with Crippen molar-refractivity contribution in [1.82, 2.24) is 0 Å². The number of hydrogen-bond donors (Lipinski definition) is 0. The lowest BCUT2D eigenvalue weighted by molar-refractivity contribution is -0.147. The van der Waals surface area contributed by atoms with Gasteiger partial charge in [0.25, 0.3) is 92.8 Å². The van der Waals surface area contributed by atoms with Gasteiger partial charge in [0.15, 0.2) is 0 Å². The third kappa shape index (κ3) is 45.7. The molecule has 0 amide bonds. The van der Waals surface area contributed by atoms with Gasteiger partial charge in [0.2, 0.25) is 0 Å². The molecule has 50 heteroatoms. The minimum absolute atomic E-state index is 0.0429. The van der Waals surface area contributed by atoms with Crippen LogP contribution in [0.5, 0.6) is 0 Å². The Balaban J connectivity index is 0.000000378. The molecule has 0 aliphatic carbocycles. The van der Waals surface area contributed by atoms with Crippen molar-refractivity contribution in [3.63, 3.8) is 0 Å². The van der Waals surface area contributed by atoms with Gasteiger partial charge in [-0.2, -0.15) is 0 Å². The molecule has 0 aromatic rings. The van der Waals surface area contributed by atoms with Gasteiger partial charge in [-0.15, -0.1) is 6.58 Å². The maximum absolute atomic E-state index is 12.8. The number of epoxide rings is 3. The highest BCUT2D eigenvalue weighted by atomic mass is 28.5. The summed E-state index contributed by atoms with van der Waals surface area (Å²) in [7, 11) is -26.6. The van der Waals surface area contributed by atoms with Gasteiger partial charge in [-0.25, -0.2) is 0 Å². The highest BCUT2D eigenvalue weighted by Crippen LogP contribution is 2.34. The smallest absolute Gasteiger partial charge is 0.465 e. The number of rotatable bonds is 40.